The lowest BCUT2D eigenvalue weighted by Gasteiger charge is -2.06. The van der Waals surface area contributed by atoms with Crippen LogP contribution in [0.15, 0.2) is 42.5 Å². The maximum absolute atomic E-state index is 13.8. The standard InChI is InChI=1S/C13H8F2O2/c14-11-7-2-1-4-8(11)9-5-3-6-10(12(9)15)13(16)17/h1-7H,(H,16,17). The van der Waals surface area contributed by atoms with Crippen molar-refractivity contribution in [3.63, 3.8) is 0 Å². The smallest absolute Gasteiger partial charge is 0.338 e. The van der Waals surface area contributed by atoms with Gasteiger partial charge in [0.25, 0.3) is 0 Å². The van der Waals surface area contributed by atoms with Gasteiger partial charge >= 0.3 is 5.97 Å². The molecule has 2 aromatic rings. The number of carboxylic acid groups (broad SMARTS) is 1. The van der Waals surface area contributed by atoms with E-state index in [2.05, 4.69) is 0 Å². The van der Waals surface area contributed by atoms with Crippen LogP contribution in [0.4, 0.5) is 8.78 Å². The van der Waals surface area contributed by atoms with Gasteiger partial charge < -0.3 is 5.11 Å². The van der Waals surface area contributed by atoms with Gasteiger partial charge in [-0.25, -0.2) is 13.6 Å². The molecule has 0 saturated heterocycles. The molecule has 0 aromatic heterocycles. The molecule has 0 atom stereocenters. The molecule has 86 valence electrons. The van der Waals surface area contributed by atoms with E-state index in [0.29, 0.717) is 0 Å². The van der Waals surface area contributed by atoms with Gasteiger partial charge in [-0.2, -0.15) is 0 Å². The fourth-order valence-corrected chi connectivity index (χ4v) is 1.58. The Labute approximate surface area is 96.1 Å². The number of hydrogen-bond donors (Lipinski definition) is 1. The predicted octanol–water partition coefficient (Wildman–Crippen LogP) is 3.33. The van der Waals surface area contributed by atoms with E-state index in [0.717, 1.165) is 6.07 Å². The van der Waals surface area contributed by atoms with Gasteiger partial charge in [0.1, 0.15) is 11.6 Å². The first-order valence-corrected chi connectivity index (χ1v) is 4.88. The SMILES string of the molecule is O=C(O)c1cccc(-c2ccccc2F)c1F. The van der Waals surface area contributed by atoms with Crippen molar-refractivity contribution in [3.05, 3.63) is 59.7 Å². The molecule has 2 nitrogen and oxygen atoms in total. The van der Waals surface area contributed by atoms with E-state index in [-0.39, 0.29) is 11.1 Å². The molecule has 0 amide bonds. The summed E-state index contributed by atoms with van der Waals surface area (Å²) in [6.45, 7) is 0. The Balaban J connectivity index is 2.65. The number of carbonyl (C=O) groups is 1. The van der Waals surface area contributed by atoms with Crippen LogP contribution in [0, 0.1) is 11.6 Å². The number of rotatable bonds is 2. The highest BCUT2D eigenvalue weighted by atomic mass is 19.1. The molecule has 0 heterocycles. The fourth-order valence-electron chi connectivity index (χ4n) is 1.58. The van der Waals surface area contributed by atoms with Crippen molar-refractivity contribution in [2.75, 3.05) is 0 Å². The number of hydrogen-bond acceptors (Lipinski definition) is 1. The average molecular weight is 234 g/mol. The number of carboxylic acids is 1. The number of aromatic carboxylic acids is 1. The Morgan fingerprint density at radius 2 is 1.59 bits per heavy atom. The molecular weight excluding hydrogens is 226 g/mol. The molecule has 0 aliphatic rings. The van der Waals surface area contributed by atoms with E-state index in [1.54, 1.807) is 6.07 Å². The quantitative estimate of drug-likeness (QED) is 0.865. The molecule has 0 fully saturated rings. The van der Waals surface area contributed by atoms with Crippen molar-refractivity contribution in [3.8, 4) is 11.1 Å². The van der Waals surface area contributed by atoms with Gasteiger partial charge in [0.15, 0.2) is 0 Å². The molecule has 0 radical (unpaired) electrons. The molecule has 1 N–H and O–H groups in total. The zero-order valence-corrected chi connectivity index (χ0v) is 8.65. The molecule has 0 saturated carbocycles. The fraction of sp³-hybridized carbons (Fsp3) is 0. The second-order valence-corrected chi connectivity index (χ2v) is 3.45. The van der Waals surface area contributed by atoms with E-state index >= 15 is 0 Å². The molecule has 0 aliphatic heterocycles. The summed E-state index contributed by atoms with van der Waals surface area (Å²) in [5.41, 5.74) is -0.471. The normalized spacial score (nSPS) is 10.2. The molecule has 0 spiro atoms. The Morgan fingerprint density at radius 3 is 2.24 bits per heavy atom. The summed E-state index contributed by atoms with van der Waals surface area (Å²) in [7, 11) is 0. The molecule has 0 bridgehead atoms. The number of benzene rings is 2. The summed E-state index contributed by atoms with van der Waals surface area (Å²) >= 11 is 0. The lowest BCUT2D eigenvalue weighted by molar-refractivity contribution is 0.0692. The van der Waals surface area contributed by atoms with Crippen molar-refractivity contribution < 1.29 is 18.7 Å². The van der Waals surface area contributed by atoms with Crippen LogP contribution in [0.2, 0.25) is 0 Å². The van der Waals surface area contributed by atoms with Crippen molar-refractivity contribution in [1.29, 1.82) is 0 Å². The maximum atomic E-state index is 13.8. The Kier molecular flexibility index (Phi) is 2.87. The van der Waals surface area contributed by atoms with Gasteiger partial charge in [-0.05, 0) is 12.1 Å². The Hall–Kier alpha value is -2.23. The van der Waals surface area contributed by atoms with Gasteiger partial charge in [0.2, 0.25) is 0 Å². The largest absolute Gasteiger partial charge is 0.478 e. The van der Waals surface area contributed by atoms with Gasteiger partial charge in [0.05, 0.1) is 5.56 Å². The van der Waals surface area contributed by atoms with Crippen LogP contribution in [0.5, 0.6) is 0 Å². The Bertz CT molecular complexity index is 579. The van der Waals surface area contributed by atoms with E-state index in [9.17, 15) is 13.6 Å². The Morgan fingerprint density at radius 1 is 0.941 bits per heavy atom. The van der Waals surface area contributed by atoms with E-state index in [4.69, 9.17) is 5.11 Å². The summed E-state index contributed by atoms with van der Waals surface area (Å²) < 4.78 is 27.3. The molecular formula is C13H8F2O2. The zero-order valence-electron chi connectivity index (χ0n) is 8.65. The summed E-state index contributed by atoms with van der Waals surface area (Å²) in [5, 5.41) is 8.77. The summed E-state index contributed by atoms with van der Waals surface area (Å²) in [5.74, 6) is -2.89. The molecule has 2 aromatic carbocycles. The van der Waals surface area contributed by atoms with Crippen LogP contribution in [0.1, 0.15) is 10.4 Å². The highest BCUT2D eigenvalue weighted by Gasteiger charge is 2.16. The van der Waals surface area contributed by atoms with Crippen LogP contribution in [-0.4, -0.2) is 11.1 Å². The highest BCUT2D eigenvalue weighted by molar-refractivity contribution is 5.90. The summed E-state index contributed by atoms with van der Waals surface area (Å²) in [4.78, 5) is 10.8. The van der Waals surface area contributed by atoms with Gasteiger partial charge in [-0.1, -0.05) is 30.3 Å². The first-order chi connectivity index (χ1) is 8.11. The van der Waals surface area contributed by atoms with E-state index in [1.807, 2.05) is 0 Å². The van der Waals surface area contributed by atoms with E-state index in [1.165, 1.54) is 30.3 Å². The summed E-state index contributed by atoms with van der Waals surface area (Å²) in [6, 6.07) is 9.52. The van der Waals surface area contributed by atoms with Gasteiger partial charge in [0, 0.05) is 11.1 Å². The van der Waals surface area contributed by atoms with Crippen molar-refractivity contribution in [2.24, 2.45) is 0 Å². The van der Waals surface area contributed by atoms with Gasteiger partial charge in [-0.3, -0.25) is 0 Å². The molecule has 2 rings (SSSR count). The van der Waals surface area contributed by atoms with Crippen LogP contribution >= 0.6 is 0 Å². The topological polar surface area (TPSA) is 37.3 Å². The second kappa shape index (κ2) is 4.33. The molecule has 17 heavy (non-hydrogen) atoms. The minimum Gasteiger partial charge on any atom is -0.478 e. The molecule has 0 aliphatic carbocycles. The van der Waals surface area contributed by atoms with Crippen LogP contribution in [-0.2, 0) is 0 Å². The third kappa shape index (κ3) is 2.01. The minimum atomic E-state index is -1.37. The summed E-state index contributed by atoms with van der Waals surface area (Å²) in [6.07, 6.45) is 0. The first kappa shape index (κ1) is 11.3. The van der Waals surface area contributed by atoms with Crippen LogP contribution in [0.3, 0.4) is 0 Å². The first-order valence-electron chi connectivity index (χ1n) is 4.88. The minimum absolute atomic E-state index is 0.0492. The zero-order chi connectivity index (χ0) is 12.4. The second-order valence-electron chi connectivity index (χ2n) is 3.45. The van der Waals surface area contributed by atoms with Crippen molar-refractivity contribution in [2.45, 2.75) is 0 Å². The highest BCUT2D eigenvalue weighted by Crippen LogP contribution is 2.27. The van der Waals surface area contributed by atoms with E-state index < -0.39 is 23.2 Å². The van der Waals surface area contributed by atoms with Crippen LogP contribution < -0.4 is 0 Å². The van der Waals surface area contributed by atoms with Gasteiger partial charge in [-0.15, -0.1) is 0 Å². The third-order valence-electron chi connectivity index (χ3n) is 2.39. The molecule has 4 heteroatoms. The maximum Gasteiger partial charge on any atom is 0.338 e. The van der Waals surface area contributed by atoms with Crippen molar-refractivity contribution >= 4 is 5.97 Å². The third-order valence-corrected chi connectivity index (χ3v) is 2.39. The predicted molar refractivity (Wildman–Crippen MR) is 58.8 cm³/mol. The van der Waals surface area contributed by atoms with Crippen LogP contribution in [0.25, 0.3) is 11.1 Å². The number of halogens is 2. The monoisotopic (exact) mass is 234 g/mol. The average Bonchev–Trinajstić information content (AvgIpc) is 2.30. The van der Waals surface area contributed by atoms with Crippen molar-refractivity contribution in [1.82, 2.24) is 0 Å². The molecule has 0 unspecified atom stereocenters. The lowest BCUT2D eigenvalue weighted by Crippen LogP contribution is -2.02. The lowest BCUT2D eigenvalue weighted by atomic mass is 10.0.